The summed E-state index contributed by atoms with van der Waals surface area (Å²) in [6.07, 6.45) is 0. The van der Waals surface area contributed by atoms with E-state index in [2.05, 4.69) is 19.9 Å². The van der Waals surface area contributed by atoms with Crippen molar-refractivity contribution < 1.29 is 4.79 Å². The number of rotatable bonds is 1. The van der Waals surface area contributed by atoms with Gasteiger partial charge in [0.15, 0.2) is 5.78 Å². The molecule has 3 rings (SSSR count). The predicted octanol–water partition coefficient (Wildman–Crippen LogP) is 4.12. The summed E-state index contributed by atoms with van der Waals surface area (Å²) in [7, 11) is 0. The van der Waals surface area contributed by atoms with Crippen molar-refractivity contribution in [2.75, 3.05) is 0 Å². The Kier molecular flexibility index (Phi) is 2.83. The molecule has 0 fully saturated rings. The SMILES string of the molecule is CC(C)c1ccc2c(c1)C(=S)c1ccccc1C2=O. The minimum atomic E-state index is 0.0782. The molecule has 0 atom stereocenters. The maximum atomic E-state index is 12.5. The van der Waals surface area contributed by atoms with Gasteiger partial charge >= 0.3 is 0 Å². The molecule has 0 amide bonds. The second kappa shape index (κ2) is 4.39. The molecule has 2 aromatic carbocycles. The Morgan fingerprint density at radius 2 is 1.53 bits per heavy atom. The lowest BCUT2D eigenvalue weighted by molar-refractivity contribution is 0.103. The van der Waals surface area contributed by atoms with Crippen LogP contribution >= 0.6 is 12.2 Å². The smallest absolute Gasteiger partial charge is 0.194 e. The fraction of sp³-hybridized carbons (Fsp3) is 0.176. The summed E-state index contributed by atoms with van der Waals surface area (Å²) in [6.45, 7) is 4.28. The molecule has 94 valence electrons. The summed E-state index contributed by atoms with van der Waals surface area (Å²) in [4.78, 5) is 13.3. The number of thiocarbonyl (C=S) groups is 1. The van der Waals surface area contributed by atoms with Crippen molar-refractivity contribution in [3.63, 3.8) is 0 Å². The van der Waals surface area contributed by atoms with Gasteiger partial charge < -0.3 is 0 Å². The molecule has 2 aromatic rings. The molecule has 0 N–H and O–H groups in total. The fourth-order valence-electron chi connectivity index (χ4n) is 2.48. The van der Waals surface area contributed by atoms with E-state index in [1.54, 1.807) is 0 Å². The molecule has 0 bridgehead atoms. The summed E-state index contributed by atoms with van der Waals surface area (Å²) in [5.74, 6) is 0.509. The summed E-state index contributed by atoms with van der Waals surface area (Å²) in [5.41, 5.74) is 4.46. The number of carbonyl (C=O) groups excluding carboxylic acids is 1. The van der Waals surface area contributed by atoms with Gasteiger partial charge in [-0.15, -0.1) is 0 Å². The first-order chi connectivity index (χ1) is 9.09. The van der Waals surface area contributed by atoms with Crippen LogP contribution in [-0.2, 0) is 0 Å². The third-order valence-corrected chi connectivity index (χ3v) is 4.06. The van der Waals surface area contributed by atoms with Crippen LogP contribution in [0.3, 0.4) is 0 Å². The number of hydrogen-bond donors (Lipinski definition) is 0. The number of ketones is 1. The Labute approximate surface area is 118 Å². The Morgan fingerprint density at radius 3 is 2.21 bits per heavy atom. The molecule has 1 aliphatic rings. The topological polar surface area (TPSA) is 17.1 Å². The molecule has 1 aliphatic carbocycles. The molecule has 0 unspecified atom stereocenters. The van der Waals surface area contributed by atoms with E-state index in [1.165, 1.54) is 5.56 Å². The van der Waals surface area contributed by atoms with Crippen LogP contribution in [0.4, 0.5) is 0 Å². The van der Waals surface area contributed by atoms with Crippen molar-refractivity contribution in [1.82, 2.24) is 0 Å². The summed E-state index contributed by atoms with van der Waals surface area (Å²) in [6, 6.07) is 13.6. The molecule has 0 radical (unpaired) electrons. The molecule has 0 aliphatic heterocycles. The zero-order valence-corrected chi connectivity index (χ0v) is 11.8. The van der Waals surface area contributed by atoms with Crippen molar-refractivity contribution in [3.8, 4) is 0 Å². The van der Waals surface area contributed by atoms with Crippen LogP contribution in [0.25, 0.3) is 0 Å². The molecule has 0 aromatic heterocycles. The predicted molar refractivity (Wildman–Crippen MR) is 81.2 cm³/mol. The van der Waals surface area contributed by atoms with Crippen molar-refractivity contribution in [1.29, 1.82) is 0 Å². The lowest BCUT2D eigenvalue weighted by Crippen LogP contribution is -2.20. The van der Waals surface area contributed by atoms with E-state index < -0.39 is 0 Å². The zero-order chi connectivity index (χ0) is 13.6. The number of benzene rings is 2. The van der Waals surface area contributed by atoms with E-state index in [0.717, 1.165) is 27.1 Å². The highest BCUT2D eigenvalue weighted by atomic mass is 32.1. The minimum Gasteiger partial charge on any atom is -0.289 e. The van der Waals surface area contributed by atoms with E-state index in [4.69, 9.17) is 12.2 Å². The highest BCUT2D eigenvalue weighted by Crippen LogP contribution is 2.30. The largest absolute Gasteiger partial charge is 0.289 e. The van der Waals surface area contributed by atoms with Crippen LogP contribution in [0.2, 0.25) is 0 Å². The van der Waals surface area contributed by atoms with Crippen molar-refractivity contribution in [2.45, 2.75) is 19.8 Å². The number of fused-ring (bicyclic) bond motifs is 2. The van der Waals surface area contributed by atoms with Gasteiger partial charge in [0.05, 0.1) is 4.86 Å². The van der Waals surface area contributed by atoms with E-state index in [1.807, 2.05) is 36.4 Å². The maximum absolute atomic E-state index is 12.5. The highest BCUT2D eigenvalue weighted by Gasteiger charge is 2.26. The first-order valence-electron chi connectivity index (χ1n) is 6.42. The Balaban J connectivity index is 2.24. The first kappa shape index (κ1) is 12.2. The summed E-state index contributed by atoms with van der Waals surface area (Å²) in [5, 5.41) is 0. The molecular formula is C17H14OS. The monoisotopic (exact) mass is 266 g/mol. The molecule has 1 nitrogen and oxygen atoms in total. The summed E-state index contributed by atoms with van der Waals surface area (Å²) >= 11 is 5.56. The Hall–Kier alpha value is -1.80. The molecule has 19 heavy (non-hydrogen) atoms. The van der Waals surface area contributed by atoms with Gasteiger partial charge in [-0.25, -0.2) is 0 Å². The van der Waals surface area contributed by atoms with Crippen LogP contribution in [0.1, 0.15) is 52.4 Å². The molecule has 2 heteroatoms. The van der Waals surface area contributed by atoms with Gasteiger partial charge in [-0.1, -0.05) is 62.5 Å². The maximum Gasteiger partial charge on any atom is 0.194 e. The van der Waals surface area contributed by atoms with Gasteiger partial charge in [0.25, 0.3) is 0 Å². The van der Waals surface area contributed by atoms with Crippen molar-refractivity contribution >= 4 is 22.9 Å². The first-order valence-corrected chi connectivity index (χ1v) is 6.83. The normalized spacial score (nSPS) is 13.4. The second-order valence-electron chi connectivity index (χ2n) is 5.16. The van der Waals surface area contributed by atoms with E-state index in [-0.39, 0.29) is 5.78 Å². The van der Waals surface area contributed by atoms with Gasteiger partial charge in [-0.05, 0) is 17.5 Å². The average Bonchev–Trinajstić information content (AvgIpc) is 2.44. The Bertz CT molecular complexity index is 698. The van der Waals surface area contributed by atoms with Crippen LogP contribution in [-0.4, -0.2) is 10.6 Å². The van der Waals surface area contributed by atoms with Crippen LogP contribution < -0.4 is 0 Å². The number of hydrogen-bond acceptors (Lipinski definition) is 2. The van der Waals surface area contributed by atoms with Crippen LogP contribution in [0, 0.1) is 0 Å². The van der Waals surface area contributed by atoms with Gasteiger partial charge in [0.2, 0.25) is 0 Å². The van der Waals surface area contributed by atoms with Gasteiger partial charge in [0.1, 0.15) is 0 Å². The van der Waals surface area contributed by atoms with E-state index >= 15 is 0 Å². The van der Waals surface area contributed by atoms with Gasteiger partial charge in [0, 0.05) is 22.3 Å². The van der Waals surface area contributed by atoms with Crippen LogP contribution in [0.15, 0.2) is 42.5 Å². The molecule has 0 saturated heterocycles. The third kappa shape index (κ3) is 1.83. The molecule has 0 heterocycles. The zero-order valence-electron chi connectivity index (χ0n) is 10.9. The van der Waals surface area contributed by atoms with Crippen molar-refractivity contribution in [3.05, 3.63) is 70.3 Å². The third-order valence-electron chi connectivity index (χ3n) is 3.62. The lowest BCUT2D eigenvalue weighted by Gasteiger charge is -2.20. The Morgan fingerprint density at radius 1 is 0.895 bits per heavy atom. The molecule has 0 saturated carbocycles. The number of carbonyl (C=O) groups is 1. The molecular weight excluding hydrogens is 252 g/mol. The van der Waals surface area contributed by atoms with E-state index in [0.29, 0.717) is 5.92 Å². The minimum absolute atomic E-state index is 0.0782. The van der Waals surface area contributed by atoms with E-state index in [9.17, 15) is 4.79 Å². The quantitative estimate of drug-likeness (QED) is 0.616. The van der Waals surface area contributed by atoms with Gasteiger partial charge in [-0.2, -0.15) is 0 Å². The highest BCUT2D eigenvalue weighted by molar-refractivity contribution is 7.81. The fourth-order valence-corrected chi connectivity index (χ4v) is 2.82. The van der Waals surface area contributed by atoms with Gasteiger partial charge in [-0.3, -0.25) is 4.79 Å². The standard InChI is InChI=1S/C17H14OS/c1-10(2)11-7-8-13-15(9-11)17(19)14-6-4-3-5-12(14)16(13)18/h3-10H,1-2H3. The second-order valence-corrected chi connectivity index (χ2v) is 5.57. The van der Waals surface area contributed by atoms with Crippen molar-refractivity contribution in [2.24, 2.45) is 0 Å². The molecule has 0 spiro atoms. The van der Waals surface area contributed by atoms with Crippen LogP contribution in [0.5, 0.6) is 0 Å². The lowest BCUT2D eigenvalue weighted by atomic mass is 9.83. The average molecular weight is 266 g/mol. The summed E-state index contributed by atoms with van der Waals surface area (Å²) < 4.78 is 0.